The van der Waals surface area contributed by atoms with Crippen LogP contribution in [-0.4, -0.2) is 23.1 Å². The molecule has 0 heterocycles. The number of carboxylic acid groups (broad SMARTS) is 1. The summed E-state index contributed by atoms with van der Waals surface area (Å²) in [5.41, 5.74) is 3.77. The second kappa shape index (κ2) is 9.37. The number of hydrogen-bond donors (Lipinski definition) is 3. The number of carbonyl (C=O) groups is 2. The summed E-state index contributed by atoms with van der Waals surface area (Å²) in [5.74, 6) is -0.951. The SMILES string of the molecule is O=C(O)CC(Cc1ccccc1)NC(=O)Nc1ccc(-c2ccccc2)cc1. The maximum Gasteiger partial charge on any atom is 0.319 e. The first-order chi connectivity index (χ1) is 13.6. The number of carbonyl (C=O) groups excluding carboxylic acids is 1. The number of hydrogen-bond acceptors (Lipinski definition) is 2. The van der Waals surface area contributed by atoms with Crippen LogP contribution < -0.4 is 10.6 Å². The predicted octanol–water partition coefficient (Wildman–Crippen LogP) is 4.56. The minimum Gasteiger partial charge on any atom is -0.481 e. The number of rotatable bonds is 7. The van der Waals surface area contributed by atoms with Crippen molar-refractivity contribution in [3.05, 3.63) is 90.5 Å². The minimum atomic E-state index is -0.951. The van der Waals surface area contributed by atoms with Crippen LogP contribution in [0.5, 0.6) is 0 Å². The van der Waals surface area contributed by atoms with Crippen molar-refractivity contribution in [3.63, 3.8) is 0 Å². The summed E-state index contributed by atoms with van der Waals surface area (Å²) < 4.78 is 0. The fraction of sp³-hybridized carbons (Fsp3) is 0.130. The molecule has 0 bridgehead atoms. The normalized spacial score (nSPS) is 11.4. The zero-order valence-corrected chi connectivity index (χ0v) is 15.3. The number of benzene rings is 3. The topological polar surface area (TPSA) is 78.4 Å². The molecule has 5 heteroatoms. The number of carboxylic acids is 1. The van der Waals surface area contributed by atoms with Crippen LogP contribution in [0.4, 0.5) is 10.5 Å². The Labute approximate surface area is 164 Å². The number of aliphatic carboxylic acids is 1. The van der Waals surface area contributed by atoms with Gasteiger partial charge in [-0.1, -0.05) is 72.8 Å². The predicted molar refractivity (Wildman–Crippen MR) is 110 cm³/mol. The minimum absolute atomic E-state index is 0.144. The van der Waals surface area contributed by atoms with Gasteiger partial charge in [-0.3, -0.25) is 4.79 Å². The lowest BCUT2D eigenvalue weighted by atomic mass is 10.0. The Balaban J connectivity index is 1.61. The van der Waals surface area contributed by atoms with Gasteiger partial charge in [-0.25, -0.2) is 4.79 Å². The molecule has 1 unspecified atom stereocenters. The fourth-order valence-electron chi connectivity index (χ4n) is 3.01. The molecule has 2 amide bonds. The molecular weight excluding hydrogens is 352 g/mol. The Morgan fingerprint density at radius 1 is 0.786 bits per heavy atom. The van der Waals surface area contributed by atoms with Crippen molar-refractivity contribution in [3.8, 4) is 11.1 Å². The van der Waals surface area contributed by atoms with E-state index >= 15 is 0 Å². The first-order valence-electron chi connectivity index (χ1n) is 9.09. The summed E-state index contributed by atoms with van der Waals surface area (Å²) in [6.07, 6.45) is 0.308. The third-order valence-electron chi connectivity index (χ3n) is 4.33. The second-order valence-corrected chi connectivity index (χ2v) is 6.53. The standard InChI is InChI=1S/C23H22N2O3/c26-22(27)16-21(15-17-7-3-1-4-8-17)25-23(28)24-20-13-11-19(12-14-20)18-9-5-2-6-10-18/h1-14,21H,15-16H2,(H,26,27)(H2,24,25,28). The summed E-state index contributed by atoms with van der Waals surface area (Å²) in [5, 5.41) is 14.7. The van der Waals surface area contributed by atoms with E-state index in [1.54, 1.807) is 0 Å². The first-order valence-corrected chi connectivity index (χ1v) is 9.09. The van der Waals surface area contributed by atoms with Gasteiger partial charge in [-0.05, 0) is 35.2 Å². The highest BCUT2D eigenvalue weighted by atomic mass is 16.4. The van der Waals surface area contributed by atoms with Gasteiger partial charge in [0.15, 0.2) is 0 Å². The molecule has 5 nitrogen and oxygen atoms in total. The van der Waals surface area contributed by atoms with Gasteiger partial charge in [0.25, 0.3) is 0 Å². The highest BCUT2D eigenvalue weighted by Crippen LogP contribution is 2.21. The molecule has 3 N–H and O–H groups in total. The first kappa shape index (κ1) is 19.2. The molecular formula is C23H22N2O3. The van der Waals surface area contributed by atoms with Gasteiger partial charge in [0, 0.05) is 11.7 Å². The van der Waals surface area contributed by atoms with E-state index in [0.29, 0.717) is 12.1 Å². The van der Waals surface area contributed by atoms with Crippen molar-refractivity contribution < 1.29 is 14.7 Å². The smallest absolute Gasteiger partial charge is 0.319 e. The molecule has 0 saturated heterocycles. The van der Waals surface area contributed by atoms with Gasteiger partial charge < -0.3 is 15.7 Å². The molecule has 0 radical (unpaired) electrons. The highest BCUT2D eigenvalue weighted by Gasteiger charge is 2.16. The van der Waals surface area contributed by atoms with Crippen molar-refractivity contribution in [2.24, 2.45) is 0 Å². The van der Waals surface area contributed by atoms with E-state index in [2.05, 4.69) is 10.6 Å². The van der Waals surface area contributed by atoms with E-state index in [-0.39, 0.29) is 6.42 Å². The van der Waals surface area contributed by atoms with Crippen molar-refractivity contribution in [1.29, 1.82) is 0 Å². The summed E-state index contributed by atoms with van der Waals surface area (Å²) in [4.78, 5) is 23.5. The van der Waals surface area contributed by atoms with Gasteiger partial charge in [0.05, 0.1) is 6.42 Å². The van der Waals surface area contributed by atoms with E-state index in [4.69, 9.17) is 5.11 Å². The number of nitrogens with one attached hydrogen (secondary N) is 2. The van der Waals surface area contributed by atoms with Crippen molar-refractivity contribution in [1.82, 2.24) is 5.32 Å². The molecule has 0 saturated carbocycles. The number of urea groups is 1. The molecule has 0 aliphatic carbocycles. The maximum absolute atomic E-state index is 12.3. The molecule has 0 aliphatic rings. The summed E-state index contributed by atoms with van der Waals surface area (Å²) in [6.45, 7) is 0. The van der Waals surface area contributed by atoms with Gasteiger partial charge in [0.1, 0.15) is 0 Å². The quantitative estimate of drug-likeness (QED) is 0.567. The van der Waals surface area contributed by atoms with E-state index < -0.39 is 18.0 Å². The lowest BCUT2D eigenvalue weighted by molar-refractivity contribution is -0.137. The Morgan fingerprint density at radius 3 is 1.96 bits per heavy atom. The largest absolute Gasteiger partial charge is 0.481 e. The van der Waals surface area contributed by atoms with Crippen molar-refractivity contribution >= 4 is 17.7 Å². The number of amides is 2. The Bertz CT molecular complexity index is 910. The van der Waals surface area contributed by atoms with Crippen LogP contribution >= 0.6 is 0 Å². The van der Waals surface area contributed by atoms with E-state index in [9.17, 15) is 9.59 Å². The van der Waals surface area contributed by atoms with Crippen LogP contribution in [0.25, 0.3) is 11.1 Å². The molecule has 0 fully saturated rings. The Morgan fingerprint density at radius 2 is 1.36 bits per heavy atom. The average molecular weight is 374 g/mol. The van der Waals surface area contributed by atoms with Crippen LogP contribution in [0.2, 0.25) is 0 Å². The lowest BCUT2D eigenvalue weighted by Crippen LogP contribution is -2.40. The van der Waals surface area contributed by atoms with Crippen LogP contribution in [0.1, 0.15) is 12.0 Å². The van der Waals surface area contributed by atoms with Crippen molar-refractivity contribution in [2.75, 3.05) is 5.32 Å². The molecule has 28 heavy (non-hydrogen) atoms. The summed E-state index contributed by atoms with van der Waals surface area (Å²) in [7, 11) is 0. The zero-order chi connectivity index (χ0) is 19.8. The number of anilines is 1. The molecule has 142 valence electrons. The van der Waals surface area contributed by atoms with E-state index in [1.165, 1.54) is 0 Å². The Hall–Kier alpha value is -3.60. The van der Waals surface area contributed by atoms with Gasteiger partial charge >= 0.3 is 12.0 Å². The third-order valence-corrected chi connectivity index (χ3v) is 4.33. The average Bonchev–Trinajstić information content (AvgIpc) is 2.69. The molecule has 1 atom stereocenters. The second-order valence-electron chi connectivity index (χ2n) is 6.53. The third kappa shape index (κ3) is 5.71. The maximum atomic E-state index is 12.3. The summed E-state index contributed by atoms with van der Waals surface area (Å²) in [6, 6.07) is 26.1. The van der Waals surface area contributed by atoms with Crippen LogP contribution in [0.3, 0.4) is 0 Å². The monoisotopic (exact) mass is 374 g/mol. The van der Waals surface area contributed by atoms with Gasteiger partial charge in [0.2, 0.25) is 0 Å². The Kier molecular flexibility index (Phi) is 6.41. The molecule has 0 aliphatic heterocycles. The molecule has 0 aromatic heterocycles. The molecule has 3 aromatic carbocycles. The van der Waals surface area contributed by atoms with E-state index in [0.717, 1.165) is 16.7 Å². The fourth-order valence-corrected chi connectivity index (χ4v) is 3.01. The molecule has 3 aromatic rings. The van der Waals surface area contributed by atoms with Crippen molar-refractivity contribution in [2.45, 2.75) is 18.9 Å². The van der Waals surface area contributed by atoms with Crippen LogP contribution in [0, 0.1) is 0 Å². The summed E-state index contributed by atoms with van der Waals surface area (Å²) >= 11 is 0. The zero-order valence-electron chi connectivity index (χ0n) is 15.3. The van der Waals surface area contributed by atoms with Gasteiger partial charge in [-0.2, -0.15) is 0 Å². The lowest BCUT2D eigenvalue weighted by Gasteiger charge is -2.18. The van der Waals surface area contributed by atoms with Crippen LogP contribution in [-0.2, 0) is 11.2 Å². The van der Waals surface area contributed by atoms with E-state index in [1.807, 2.05) is 84.9 Å². The molecule has 3 rings (SSSR count). The molecule has 0 spiro atoms. The van der Waals surface area contributed by atoms with Gasteiger partial charge in [-0.15, -0.1) is 0 Å². The van der Waals surface area contributed by atoms with Crippen LogP contribution in [0.15, 0.2) is 84.9 Å². The highest BCUT2D eigenvalue weighted by molar-refractivity contribution is 5.90.